The summed E-state index contributed by atoms with van der Waals surface area (Å²) in [6, 6.07) is 3.16. The number of carbonyl (C=O) groups is 2. The summed E-state index contributed by atoms with van der Waals surface area (Å²) in [5.74, 6) is -6.32. The van der Waals surface area contributed by atoms with Crippen LogP contribution in [0.15, 0.2) is 18.2 Å². The highest BCUT2D eigenvalue weighted by atomic mass is 35.5. The molecule has 2 aromatic rings. The van der Waals surface area contributed by atoms with Gasteiger partial charge in [0.25, 0.3) is 0 Å². The van der Waals surface area contributed by atoms with Crippen molar-refractivity contribution in [2.24, 2.45) is 0 Å². The van der Waals surface area contributed by atoms with Crippen LogP contribution in [-0.2, 0) is 0 Å². The molecule has 0 bridgehead atoms. The predicted octanol–water partition coefficient (Wildman–Crippen LogP) is 2.95. The third-order valence-electron chi connectivity index (χ3n) is 3.06. The molecule has 0 fully saturated rings. The average molecular weight is 355 g/mol. The van der Waals surface area contributed by atoms with E-state index in [2.05, 4.69) is 0 Å². The highest BCUT2D eigenvalue weighted by Gasteiger charge is 2.25. The molecule has 5 N–H and O–H groups in total. The van der Waals surface area contributed by atoms with Crippen molar-refractivity contribution in [2.45, 2.75) is 6.92 Å². The first-order chi connectivity index (χ1) is 11.1. The molecular formula is C15H11ClO8. The lowest BCUT2D eigenvalue weighted by Crippen LogP contribution is -2.05. The molecule has 0 atom stereocenters. The zero-order chi connectivity index (χ0) is 18.2. The molecule has 0 aromatic heterocycles. The van der Waals surface area contributed by atoms with Gasteiger partial charge in [-0.15, -0.1) is 0 Å². The van der Waals surface area contributed by atoms with E-state index in [1.807, 2.05) is 0 Å². The number of benzene rings is 2. The Bertz CT molecular complexity index is 859. The highest BCUT2D eigenvalue weighted by molar-refractivity contribution is 6.34. The van der Waals surface area contributed by atoms with Gasteiger partial charge in [0.2, 0.25) is 0 Å². The normalized spacial score (nSPS) is 10.4. The van der Waals surface area contributed by atoms with Gasteiger partial charge in [-0.25, -0.2) is 9.59 Å². The fraction of sp³-hybridized carbons (Fsp3) is 0.0667. The monoisotopic (exact) mass is 354 g/mol. The van der Waals surface area contributed by atoms with Crippen molar-refractivity contribution < 1.29 is 39.9 Å². The van der Waals surface area contributed by atoms with Crippen LogP contribution < -0.4 is 4.74 Å². The molecule has 0 aliphatic heterocycles. The third-order valence-corrected chi connectivity index (χ3v) is 3.43. The second-order valence-electron chi connectivity index (χ2n) is 4.80. The highest BCUT2D eigenvalue weighted by Crippen LogP contribution is 2.46. The predicted molar refractivity (Wildman–Crippen MR) is 81.6 cm³/mol. The minimum absolute atomic E-state index is 0.403. The van der Waals surface area contributed by atoms with Gasteiger partial charge in [0.1, 0.15) is 33.4 Å². The molecule has 0 aliphatic rings. The number of aryl methyl sites for hydroxylation is 1. The van der Waals surface area contributed by atoms with E-state index in [4.69, 9.17) is 21.4 Å². The van der Waals surface area contributed by atoms with Crippen molar-refractivity contribution in [1.29, 1.82) is 0 Å². The van der Waals surface area contributed by atoms with E-state index < -0.39 is 56.8 Å². The number of rotatable bonds is 4. The van der Waals surface area contributed by atoms with Crippen LogP contribution in [0.1, 0.15) is 26.3 Å². The van der Waals surface area contributed by atoms with Crippen molar-refractivity contribution in [2.75, 3.05) is 0 Å². The molecule has 9 heteroatoms. The minimum Gasteiger partial charge on any atom is -0.507 e. The number of phenolic OH excluding ortho intramolecular Hbond substituents is 2. The van der Waals surface area contributed by atoms with E-state index in [9.17, 15) is 30.0 Å². The summed E-state index contributed by atoms with van der Waals surface area (Å²) in [7, 11) is 0. The van der Waals surface area contributed by atoms with E-state index in [0.29, 0.717) is 5.56 Å². The standard InChI is InChI=1S/C15H11ClO8/c1-5-2-7(17)10(15(22)23)9(3-5)24-13-6(14(20)21)4-8(18)11(16)12(13)19/h2-4,17-19H,1H3,(H,20,21)(H,22,23). The van der Waals surface area contributed by atoms with Gasteiger partial charge in [-0.1, -0.05) is 11.6 Å². The number of aromatic carboxylic acids is 2. The Morgan fingerprint density at radius 2 is 1.62 bits per heavy atom. The number of carboxylic acid groups (broad SMARTS) is 2. The molecule has 0 saturated heterocycles. The molecule has 2 aromatic carbocycles. The molecule has 0 heterocycles. The van der Waals surface area contributed by atoms with E-state index in [1.54, 1.807) is 6.92 Å². The van der Waals surface area contributed by atoms with E-state index in [0.717, 1.165) is 6.07 Å². The number of phenols is 3. The minimum atomic E-state index is -1.55. The van der Waals surface area contributed by atoms with Gasteiger partial charge >= 0.3 is 11.9 Å². The molecule has 126 valence electrons. The smallest absolute Gasteiger partial charge is 0.343 e. The van der Waals surface area contributed by atoms with Crippen molar-refractivity contribution in [1.82, 2.24) is 0 Å². The van der Waals surface area contributed by atoms with E-state index in [1.165, 1.54) is 12.1 Å². The lowest BCUT2D eigenvalue weighted by atomic mass is 10.1. The van der Waals surface area contributed by atoms with E-state index >= 15 is 0 Å². The quantitative estimate of drug-likeness (QED) is 0.563. The number of aromatic hydroxyl groups is 3. The van der Waals surface area contributed by atoms with Crippen LogP contribution in [0.3, 0.4) is 0 Å². The van der Waals surface area contributed by atoms with Crippen LogP contribution in [0.5, 0.6) is 28.7 Å². The summed E-state index contributed by atoms with van der Waals surface area (Å²) >= 11 is 5.65. The first kappa shape index (κ1) is 17.2. The van der Waals surface area contributed by atoms with Crippen LogP contribution in [0.4, 0.5) is 0 Å². The molecule has 0 unspecified atom stereocenters. The van der Waals surface area contributed by atoms with Gasteiger partial charge in [0.15, 0.2) is 11.5 Å². The van der Waals surface area contributed by atoms with Gasteiger partial charge < -0.3 is 30.3 Å². The van der Waals surface area contributed by atoms with Crippen molar-refractivity contribution >= 4 is 23.5 Å². The third kappa shape index (κ3) is 2.99. The SMILES string of the molecule is Cc1cc(O)c(C(=O)O)c(Oc2c(C(=O)O)cc(O)c(Cl)c2O)c1. The van der Waals surface area contributed by atoms with Crippen LogP contribution in [0.2, 0.25) is 5.02 Å². The first-order valence-electron chi connectivity index (χ1n) is 6.36. The summed E-state index contributed by atoms with van der Waals surface area (Å²) in [4.78, 5) is 22.6. The zero-order valence-electron chi connectivity index (χ0n) is 12.1. The average Bonchev–Trinajstić information content (AvgIpc) is 2.46. The molecule has 0 amide bonds. The molecule has 2 rings (SSSR count). The molecule has 8 nitrogen and oxygen atoms in total. The van der Waals surface area contributed by atoms with Gasteiger partial charge in [-0.05, 0) is 24.6 Å². The van der Waals surface area contributed by atoms with Crippen LogP contribution in [-0.4, -0.2) is 37.5 Å². The number of ether oxygens (including phenoxy) is 1. The molecule has 0 spiro atoms. The summed E-state index contributed by atoms with van der Waals surface area (Å²) in [5, 5.41) is 47.0. The lowest BCUT2D eigenvalue weighted by Gasteiger charge is -2.15. The fourth-order valence-electron chi connectivity index (χ4n) is 2.02. The Hall–Kier alpha value is -3.13. The van der Waals surface area contributed by atoms with Crippen LogP contribution in [0, 0.1) is 6.92 Å². The van der Waals surface area contributed by atoms with E-state index in [-0.39, 0.29) is 0 Å². The maximum atomic E-state index is 11.3. The Kier molecular flexibility index (Phi) is 4.43. The van der Waals surface area contributed by atoms with Gasteiger partial charge in [-0.3, -0.25) is 0 Å². The summed E-state index contributed by atoms with van der Waals surface area (Å²) in [6.07, 6.45) is 0. The van der Waals surface area contributed by atoms with Crippen LogP contribution >= 0.6 is 11.6 Å². The zero-order valence-corrected chi connectivity index (χ0v) is 12.8. The fourth-order valence-corrected chi connectivity index (χ4v) is 2.16. The number of halogens is 1. The Balaban J connectivity index is 2.71. The van der Waals surface area contributed by atoms with Crippen molar-refractivity contribution in [3.05, 3.63) is 39.9 Å². The topological polar surface area (TPSA) is 145 Å². The summed E-state index contributed by atoms with van der Waals surface area (Å²) in [6.45, 7) is 1.54. The Morgan fingerprint density at radius 1 is 1.00 bits per heavy atom. The van der Waals surface area contributed by atoms with Gasteiger partial charge in [-0.2, -0.15) is 0 Å². The number of hydrogen-bond donors (Lipinski definition) is 5. The maximum Gasteiger partial charge on any atom is 0.343 e. The molecule has 0 aliphatic carbocycles. The van der Waals surface area contributed by atoms with Crippen molar-refractivity contribution in [3.8, 4) is 28.7 Å². The van der Waals surface area contributed by atoms with Crippen LogP contribution in [0.25, 0.3) is 0 Å². The number of hydrogen-bond acceptors (Lipinski definition) is 6. The summed E-state index contributed by atoms with van der Waals surface area (Å²) < 4.78 is 5.22. The molecule has 0 radical (unpaired) electrons. The Morgan fingerprint density at radius 3 is 2.17 bits per heavy atom. The second-order valence-corrected chi connectivity index (χ2v) is 5.18. The molecule has 0 saturated carbocycles. The van der Waals surface area contributed by atoms with Gasteiger partial charge in [0.05, 0.1) is 0 Å². The first-order valence-corrected chi connectivity index (χ1v) is 6.73. The number of carboxylic acids is 2. The van der Waals surface area contributed by atoms with Crippen molar-refractivity contribution in [3.63, 3.8) is 0 Å². The Labute approximate surface area is 139 Å². The lowest BCUT2D eigenvalue weighted by molar-refractivity contribution is 0.0685. The molecular weight excluding hydrogens is 344 g/mol. The second kappa shape index (κ2) is 6.17. The molecule has 24 heavy (non-hydrogen) atoms. The summed E-state index contributed by atoms with van der Waals surface area (Å²) in [5.41, 5.74) is -0.846. The largest absolute Gasteiger partial charge is 0.507 e. The van der Waals surface area contributed by atoms with Gasteiger partial charge in [0, 0.05) is 6.07 Å². The maximum absolute atomic E-state index is 11.3.